The van der Waals surface area contributed by atoms with Crippen LogP contribution < -0.4 is 10.0 Å². The summed E-state index contributed by atoms with van der Waals surface area (Å²) in [5.41, 5.74) is 0.592. The average Bonchev–Trinajstić information content (AvgIpc) is 2.37. The van der Waals surface area contributed by atoms with Gasteiger partial charge in [0, 0.05) is 22.7 Å². The Labute approximate surface area is 134 Å². The molecule has 0 spiro atoms. The Hall–Kier alpha value is -1.11. The third kappa shape index (κ3) is 4.98. The molecule has 0 aromatic heterocycles. The monoisotopic (exact) mass is 370 g/mol. The highest BCUT2D eigenvalue weighted by atomic mass is 79.9. The fourth-order valence-electron chi connectivity index (χ4n) is 1.99. The summed E-state index contributed by atoms with van der Waals surface area (Å²) in [6, 6.07) is 11.7. The minimum Gasteiger partial charge on any atom is -0.313 e. The van der Waals surface area contributed by atoms with Crippen LogP contribution in [0.4, 0.5) is 5.69 Å². The standard InChI is InChI=1S/C15H19BrN2O2S/c1-11(2)17-7-8-21(19,20)18-15-6-4-12-9-14(16)5-3-13(12)10-15/h3-6,9-11,17-18H,7-8H2,1-2H3. The maximum absolute atomic E-state index is 12.0. The molecule has 2 aromatic rings. The van der Waals surface area contributed by atoms with Crippen LogP contribution in [0.3, 0.4) is 0 Å². The molecule has 0 atom stereocenters. The van der Waals surface area contributed by atoms with Crippen molar-refractivity contribution >= 4 is 42.4 Å². The molecule has 0 amide bonds. The van der Waals surface area contributed by atoms with Crippen molar-refractivity contribution in [1.82, 2.24) is 5.32 Å². The van der Waals surface area contributed by atoms with Crippen LogP contribution in [0.2, 0.25) is 0 Å². The summed E-state index contributed by atoms with van der Waals surface area (Å²) in [5, 5.41) is 5.16. The number of halogens is 1. The maximum Gasteiger partial charge on any atom is 0.233 e. The first kappa shape index (κ1) is 16.3. The van der Waals surface area contributed by atoms with Crippen molar-refractivity contribution in [2.45, 2.75) is 19.9 Å². The van der Waals surface area contributed by atoms with Crippen LogP contribution in [0, 0.1) is 0 Å². The van der Waals surface area contributed by atoms with Crippen molar-refractivity contribution in [3.63, 3.8) is 0 Å². The highest BCUT2D eigenvalue weighted by Gasteiger charge is 2.10. The van der Waals surface area contributed by atoms with Gasteiger partial charge in [0.05, 0.1) is 5.75 Å². The Morgan fingerprint density at radius 2 is 1.76 bits per heavy atom. The molecule has 2 aromatic carbocycles. The molecule has 2 N–H and O–H groups in total. The lowest BCUT2D eigenvalue weighted by molar-refractivity contribution is 0.582. The summed E-state index contributed by atoms with van der Waals surface area (Å²) in [4.78, 5) is 0. The third-order valence-electron chi connectivity index (χ3n) is 3.00. The van der Waals surface area contributed by atoms with E-state index in [2.05, 4.69) is 26.0 Å². The van der Waals surface area contributed by atoms with Gasteiger partial charge >= 0.3 is 0 Å². The first-order valence-electron chi connectivity index (χ1n) is 6.79. The molecular formula is C15H19BrN2O2S. The van der Waals surface area contributed by atoms with E-state index in [-0.39, 0.29) is 11.8 Å². The molecule has 0 aliphatic heterocycles. The summed E-state index contributed by atoms with van der Waals surface area (Å²) >= 11 is 3.42. The summed E-state index contributed by atoms with van der Waals surface area (Å²) in [6.07, 6.45) is 0. The first-order valence-corrected chi connectivity index (χ1v) is 9.23. The SMILES string of the molecule is CC(C)NCCS(=O)(=O)Nc1ccc2cc(Br)ccc2c1. The van der Waals surface area contributed by atoms with Gasteiger partial charge in [-0.1, -0.05) is 41.9 Å². The Bertz CT molecular complexity index is 730. The third-order valence-corrected chi connectivity index (χ3v) is 4.78. The number of rotatable bonds is 6. The molecule has 2 rings (SSSR count). The number of nitrogens with one attached hydrogen (secondary N) is 2. The number of hydrogen-bond acceptors (Lipinski definition) is 3. The van der Waals surface area contributed by atoms with Crippen LogP contribution in [0.15, 0.2) is 40.9 Å². The molecule has 0 saturated carbocycles. The van der Waals surface area contributed by atoms with Gasteiger partial charge in [-0.15, -0.1) is 0 Å². The van der Waals surface area contributed by atoms with Crippen LogP contribution >= 0.6 is 15.9 Å². The number of benzene rings is 2. The molecule has 114 valence electrons. The van der Waals surface area contributed by atoms with Gasteiger partial charge in [-0.2, -0.15) is 0 Å². The van der Waals surface area contributed by atoms with Crippen LogP contribution in [0.25, 0.3) is 10.8 Å². The van der Waals surface area contributed by atoms with Crippen molar-refractivity contribution in [2.24, 2.45) is 0 Å². The minimum atomic E-state index is -3.33. The lowest BCUT2D eigenvalue weighted by Gasteiger charge is -2.11. The summed E-state index contributed by atoms with van der Waals surface area (Å²) in [7, 11) is -3.33. The van der Waals surface area contributed by atoms with Crippen molar-refractivity contribution in [3.05, 3.63) is 40.9 Å². The van der Waals surface area contributed by atoms with Gasteiger partial charge in [0.15, 0.2) is 0 Å². The normalized spacial score (nSPS) is 12.0. The molecule has 0 heterocycles. The summed E-state index contributed by atoms with van der Waals surface area (Å²) in [6.45, 7) is 4.41. The Morgan fingerprint density at radius 1 is 1.10 bits per heavy atom. The van der Waals surface area contributed by atoms with Crippen molar-refractivity contribution in [1.29, 1.82) is 0 Å². The van der Waals surface area contributed by atoms with Gasteiger partial charge < -0.3 is 5.32 Å². The van der Waals surface area contributed by atoms with Crippen LogP contribution in [-0.2, 0) is 10.0 Å². The molecule has 0 unspecified atom stereocenters. The predicted octanol–water partition coefficient (Wildman–Crippen LogP) is 3.34. The second-order valence-electron chi connectivity index (χ2n) is 5.24. The van der Waals surface area contributed by atoms with Crippen molar-refractivity contribution in [3.8, 4) is 0 Å². The van der Waals surface area contributed by atoms with E-state index in [0.29, 0.717) is 12.2 Å². The predicted molar refractivity (Wildman–Crippen MR) is 92.2 cm³/mol. The fourth-order valence-corrected chi connectivity index (χ4v) is 3.35. The van der Waals surface area contributed by atoms with E-state index >= 15 is 0 Å². The van der Waals surface area contributed by atoms with Gasteiger partial charge in [-0.3, -0.25) is 4.72 Å². The molecule has 0 saturated heterocycles. The Kier molecular flexibility index (Phi) is 5.24. The van der Waals surface area contributed by atoms with E-state index < -0.39 is 10.0 Å². The molecule has 0 fully saturated rings. The molecule has 0 radical (unpaired) electrons. The lowest BCUT2D eigenvalue weighted by Crippen LogP contribution is -2.30. The number of anilines is 1. The highest BCUT2D eigenvalue weighted by Crippen LogP contribution is 2.23. The van der Waals surface area contributed by atoms with Gasteiger partial charge in [0.2, 0.25) is 10.0 Å². The molecule has 0 bridgehead atoms. The maximum atomic E-state index is 12.0. The van der Waals surface area contributed by atoms with Crippen molar-refractivity contribution in [2.75, 3.05) is 17.0 Å². The van der Waals surface area contributed by atoms with Crippen LogP contribution in [-0.4, -0.2) is 26.8 Å². The van der Waals surface area contributed by atoms with Crippen LogP contribution in [0.1, 0.15) is 13.8 Å². The first-order chi connectivity index (χ1) is 9.85. The van der Waals surface area contributed by atoms with Crippen LogP contribution in [0.5, 0.6) is 0 Å². The van der Waals surface area contributed by atoms with E-state index in [0.717, 1.165) is 15.2 Å². The second-order valence-corrected chi connectivity index (χ2v) is 7.99. The van der Waals surface area contributed by atoms with E-state index in [1.807, 2.05) is 44.2 Å². The van der Waals surface area contributed by atoms with E-state index in [9.17, 15) is 8.42 Å². The number of fused-ring (bicyclic) bond motifs is 1. The summed E-state index contributed by atoms with van der Waals surface area (Å²) < 4.78 is 27.6. The molecular weight excluding hydrogens is 352 g/mol. The fraction of sp³-hybridized carbons (Fsp3) is 0.333. The zero-order valence-electron chi connectivity index (χ0n) is 12.1. The van der Waals surface area contributed by atoms with E-state index in [1.165, 1.54) is 0 Å². The Morgan fingerprint density at radius 3 is 2.48 bits per heavy atom. The topological polar surface area (TPSA) is 58.2 Å². The lowest BCUT2D eigenvalue weighted by atomic mass is 10.1. The summed E-state index contributed by atoms with van der Waals surface area (Å²) in [5.74, 6) is 0.0591. The molecule has 0 aliphatic rings. The largest absolute Gasteiger partial charge is 0.313 e. The molecule has 4 nitrogen and oxygen atoms in total. The second kappa shape index (κ2) is 6.77. The molecule has 6 heteroatoms. The van der Waals surface area contributed by atoms with Gasteiger partial charge in [0.25, 0.3) is 0 Å². The zero-order valence-corrected chi connectivity index (χ0v) is 14.5. The Balaban J connectivity index is 2.10. The smallest absolute Gasteiger partial charge is 0.233 e. The number of sulfonamides is 1. The highest BCUT2D eigenvalue weighted by molar-refractivity contribution is 9.10. The quantitative estimate of drug-likeness (QED) is 0.819. The van der Waals surface area contributed by atoms with Gasteiger partial charge in [-0.05, 0) is 35.0 Å². The zero-order chi connectivity index (χ0) is 15.5. The van der Waals surface area contributed by atoms with Gasteiger partial charge in [-0.25, -0.2) is 8.42 Å². The van der Waals surface area contributed by atoms with E-state index in [1.54, 1.807) is 6.07 Å². The van der Waals surface area contributed by atoms with E-state index in [4.69, 9.17) is 0 Å². The van der Waals surface area contributed by atoms with Crippen molar-refractivity contribution < 1.29 is 8.42 Å². The molecule has 0 aliphatic carbocycles. The number of hydrogen-bond donors (Lipinski definition) is 2. The average molecular weight is 371 g/mol. The molecule has 21 heavy (non-hydrogen) atoms. The minimum absolute atomic E-state index is 0.0591. The van der Waals surface area contributed by atoms with Gasteiger partial charge in [0.1, 0.15) is 0 Å².